The summed E-state index contributed by atoms with van der Waals surface area (Å²) < 4.78 is 1.97. The van der Waals surface area contributed by atoms with Gasteiger partial charge in [-0.05, 0) is 31.0 Å². The molecule has 4 heteroatoms. The van der Waals surface area contributed by atoms with E-state index in [0.29, 0.717) is 5.92 Å². The Kier molecular flexibility index (Phi) is 5.97. The van der Waals surface area contributed by atoms with Crippen molar-refractivity contribution in [3.8, 4) is 5.69 Å². The minimum absolute atomic E-state index is 0.00770. The van der Waals surface area contributed by atoms with Gasteiger partial charge in [0.15, 0.2) is 0 Å². The summed E-state index contributed by atoms with van der Waals surface area (Å²) in [4.78, 5) is 0. The van der Waals surface area contributed by atoms with Gasteiger partial charge in [-0.15, -0.1) is 0 Å². The van der Waals surface area contributed by atoms with Gasteiger partial charge < -0.3 is 10.4 Å². The van der Waals surface area contributed by atoms with Gasteiger partial charge in [-0.1, -0.05) is 45.9 Å². The highest BCUT2D eigenvalue weighted by Crippen LogP contribution is 2.25. The van der Waals surface area contributed by atoms with E-state index >= 15 is 0 Å². The van der Waals surface area contributed by atoms with Gasteiger partial charge in [0.1, 0.15) is 0 Å². The van der Waals surface area contributed by atoms with E-state index in [-0.39, 0.29) is 12.0 Å². The molecule has 0 aliphatic heterocycles. The van der Waals surface area contributed by atoms with Crippen molar-refractivity contribution in [3.05, 3.63) is 47.8 Å². The third kappa shape index (κ3) is 4.91. The monoisotopic (exact) mass is 315 g/mol. The molecule has 0 amide bonds. The van der Waals surface area contributed by atoms with Gasteiger partial charge in [-0.2, -0.15) is 5.10 Å². The zero-order valence-electron chi connectivity index (χ0n) is 14.7. The van der Waals surface area contributed by atoms with Crippen molar-refractivity contribution in [1.82, 2.24) is 15.1 Å². The van der Waals surface area contributed by atoms with E-state index in [0.717, 1.165) is 30.9 Å². The first kappa shape index (κ1) is 17.7. The number of rotatable bonds is 7. The number of hydrogen-bond donors (Lipinski definition) is 2. The molecule has 0 saturated carbocycles. The fourth-order valence-electron chi connectivity index (χ4n) is 2.66. The quantitative estimate of drug-likeness (QED) is 0.824. The van der Waals surface area contributed by atoms with E-state index in [1.807, 2.05) is 22.9 Å². The Morgan fingerprint density at radius 1 is 1.22 bits per heavy atom. The third-order valence-electron chi connectivity index (χ3n) is 3.95. The van der Waals surface area contributed by atoms with Crippen LogP contribution in [0.4, 0.5) is 0 Å². The van der Waals surface area contributed by atoms with Crippen molar-refractivity contribution < 1.29 is 5.11 Å². The maximum absolute atomic E-state index is 8.99. The van der Waals surface area contributed by atoms with Gasteiger partial charge in [0.2, 0.25) is 0 Å². The molecule has 0 bridgehead atoms. The predicted molar refractivity (Wildman–Crippen MR) is 94.8 cm³/mol. The summed E-state index contributed by atoms with van der Waals surface area (Å²) in [6.07, 6.45) is 2.96. The number of nitrogens with one attached hydrogen (secondary N) is 1. The molecule has 1 heterocycles. The zero-order chi connectivity index (χ0) is 16.9. The van der Waals surface area contributed by atoms with Gasteiger partial charge in [-0.3, -0.25) is 0 Å². The molecule has 4 nitrogen and oxygen atoms in total. The Balaban J connectivity index is 2.15. The Bertz CT molecular complexity index is 599. The van der Waals surface area contributed by atoms with E-state index in [4.69, 9.17) is 10.2 Å². The van der Waals surface area contributed by atoms with Crippen molar-refractivity contribution in [2.75, 3.05) is 13.2 Å². The van der Waals surface area contributed by atoms with Crippen LogP contribution in [0.3, 0.4) is 0 Å². The molecule has 2 aromatic rings. The molecule has 0 saturated heterocycles. The van der Waals surface area contributed by atoms with Crippen LogP contribution in [0.25, 0.3) is 5.69 Å². The minimum atomic E-state index is 0.00770. The summed E-state index contributed by atoms with van der Waals surface area (Å²) in [6, 6.07) is 10.2. The normalized spacial score (nSPS) is 13.3. The smallest absolute Gasteiger partial charge is 0.0727 e. The number of nitrogens with zero attached hydrogens (tertiary/aromatic N) is 2. The van der Waals surface area contributed by atoms with Crippen LogP contribution in [-0.2, 0) is 12.0 Å². The van der Waals surface area contributed by atoms with Crippen molar-refractivity contribution >= 4 is 0 Å². The molecule has 0 fully saturated rings. The highest BCUT2D eigenvalue weighted by Gasteiger charge is 2.22. The Hall–Kier alpha value is -1.65. The summed E-state index contributed by atoms with van der Waals surface area (Å²) in [7, 11) is 0. The van der Waals surface area contributed by atoms with Crippen LogP contribution in [0.5, 0.6) is 0 Å². The molecule has 1 aromatic heterocycles. The number of aromatic nitrogens is 2. The molecule has 0 aliphatic carbocycles. The fourth-order valence-corrected chi connectivity index (χ4v) is 2.66. The number of aliphatic hydroxyl groups excluding tert-OH is 1. The molecule has 0 radical (unpaired) electrons. The van der Waals surface area contributed by atoms with Gasteiger partial charge >= 0.3 is 0 Å². The average Bonchev–Trinajstić information content (AvgIpc) is 2.93. The third-order valence-corrected chi connectivity index (χ3v) is 3.95. The van der Waals surface area contributed by atoms with E-state index in [1.165, 1.54) is 5.56 Å². The molecule has 126 valence electrons. The lowest BCUT2D eigenvalue weighted by molar-refractivity contribution is 0.260. The van der Waals surface area contributed by atoms with Crippen molar-refractivity contribution in [3.63, 3.8) is 0 Å². The van der Waals surface area contributed by atoms with Crippen LogP contribution in [0.1, 0.15) is 45.4 Å². The Labute approximate surface area is 139 Å². The summed E-state index contributed by atoms with van der Waals surface area (Å²) >= 11 is 0. The molecule has 2 rings (SSSR count). The molecule has 0 aliphatic rings. The first-order valence-electron chi connectivity index (χ1n) is 8.38. The second kappa shape index (κ2) is 7.75. The van der Waals surface area contributed by atoms with Crippen LogP contribution >= 0.6 is 0 Å². The van der Waals surface area contributed by atoms with Crippen LogP contribution in [0.2, 0.25) is 0 Å². The van der Waals surface area contributed by atoms with Gasteiger partial charge in [0.25, 0.3) is 0 Å². The predicted octanol–water partition coefficient (Wildman–Crippen LogP) is 3.28. The number of para-hydroxylation sites is 1. The summed E-state index contributed by atoms with van der Waals surface area (Å²) in [5.41, 5.74) is 3.45. The van der Waals surface area contributed by atoms with Gasteiger partial charge in [0, 0.05) is 30.3 Å². The zero-order valence-corrected chi connectivity index (χ0v) is 14.7. The van der Waals surface area contributed by atoms with Crippen LogP contribution in [0.15, 0.2) is 36.5 Å². The maximum atomic E-state index is 8.99. The minimum Gasteiger partial charge on any atom is -0.396 e. The second-order valence-electron chi connectivity index (χ2n) is 7.28. The molecule has 1 aromatic carbocycles. The number of aliphatic hydroxyl groups is 1. The van der Waals surface area contributed by atoms with Crippen LogP contribution in [-0.4, -0.2) is 28.0 Å². The lowest BCUT2D eigenvalue weighted by Gasteiger charge is -2.18. The lowest BCUT2D eigenvalue weighted by Crippen LogP contribution is -2.23. The fraction of sp³-hybridized carbons (Fsp3) is 0.526. The van der Waals surface area contributed by atoms with E-state index in [1.54, 1.807) is 0 Å². The van der Waals surface area contributed by atoms with E-state index in [9.17, 15) is 0 Å². The Morgan fingerprint density at radius 2 is 1.91 bits per heavy atom. The topological polar surface area (TPSA) is 50.1 Å². The summed E-state index contributed by atoms with van der Waals surface area (Å²) in [5, 5.41) is 17.3. The van der Waals surface area contributed by atoms with Gasteiger partial charge in [-0.25, -0.2) is 4.68 Å². The molecule has 0 spiro atoms. The average molecular weight is 315 g/mol. The van der Waals surface area contributed by atoms with Crippen LogP contribution < -0.4 is 5.32 Å². The maximum Gasteiger partial charge on any atom is 0.0727 e. The first-order chi connectivity index (χ1) is 10.9. The standard InChI is InChI=1S/C19H29N3O/c1-15(10-11-23)12-20-13-16-14-22(17-8-6-5-7-9-17)21-18(16)19(2,3)4/h5-9,14-15,20,23H,10-13H2,1-4H3. The molecule has 2 N–H and O–H groups in total. The first-order valence-corrected chi connectivity index (χ1v) is 8.38. The summed E-state index contributed by atoms with van der Waals surface area (Å²) in [6.45, 7) is 10.7. The van der Waals surface area contributed by atoms with E-state index < -0.39 is 0 Å². The van der Waals surface area contributed by atoms with E-state index in [2.05, 4.69) is 51.3 Å². The van der Waals surface area contributed by atoms with Crippen LogP contribution in [0, 0.1) is 5.92 Å². The van der Waals surface area contributed by atoms with Gasteiger partial charge in [0.05, 0.1) is 11.4 Å². The largest absolute Gasteiger partial charge is 0.396 e. The Morgan fingerprint density at radius 3 is 2.52 bits per heavy atom. The van der Waals surface area contributed by atoms with Crippen molar-refractivity contribution in [2.45, 2.75) is 46.1 Å². The SMILES string of the molecule is CC(CCO)CNCc1cn(-c2ccccc2)nc1C(C)(C)C. The molecular weight excluding hydrogens is 286 g/mol. The highest BCUT2D eigenvalue weighted by atomic mass is 16.3. The highest BCUT2D eigenvalue weighted by molar-refractivity contribution is 5.34. The lowest BCUT2D eigenvalue weighted by atomic mass is 9.89. The summed E-state index contributed by atoms with van der Waals surface area (Å²) in [5.74, 6) is 0.474. The van der Waals surface area contributed by atoms with Crippen molar-refractivity contribution in [1.29, 1.82) is 0 Å². The number of hydrogen-bond acceptors (Lipinski definition) is 3. The van der Waals surface area contributed by atoms with Crippen molar-refractivity contribution in [2.24, 2.45) is 5.92 Å². The molecular formula is C19H29N3O. The molecule has 23 heavy (non-hydrogen) atoms. The molecule has 1 unspecified atom stereocenters. The molecule has 1 atom stereocenters. The number of benzene rings is 1. The second-order valence-corrected chi connectivity index (χ2v) is 7.28.